The van der Waals surface area contributed by atoms with Gasteiger partial charge in [-0.15, -0.1) is 11.8 Å². The van der Waals surface area contributed by atoms with Gasteiger partial charge >= 0.3 is 10.8 Å². The van der Waals surface area contributed by atoms with Crippen LogP contribution in [0.25, 0.3) is 0 Å². The van der Waals surface area contributed by atoms with Crippen molar-refractivity contribution in [3.05, 3.63) is 38.3 Å². The molecule has 0 unspecified atom stereocenters. The highest BCUT2D eigenvalue weighted by molar-refractivity contribution is 7.99. The summed E-state index contributed by atoms with van der Waals surface area (Å²) < 4.78 is 10.8. The van der Waals surface area contributed by atoms with Gasteiger partial charge in [0.05, 0.1) is 17.6 Å². The maximum Gasteiger partial charge on any atom is 0.319 e. The number of esters is 1. The molecule has 25 heavy (non-hydrogen) atoms. The zero-order valence-corrected chi connectivity index (χ0v) is 14.6. The maximum absolute atomic E-state index is 12.9. The van der Waals surface area contributed by atoms with E-state index < -0.39 is 29.7 Å². The van der Waals surface area contributed by atoms with Crippen LogP contribution in [-0.2, 0) is 9.59 Å². The van der Waals surface area contributed by atoms with E-state index in [4.69, 9.17) is 9.47 Å². The van der Waals surface area contributed by atoms with Crippen LogP contribution in [0.3, 0.4) is 0 Å². The molecule has 3 heterocycles. The van der Waals surface area contributed by atoms with Gasteiger partial charge in [0, 0.05) is 34.5 Å². The number of para-hydroxylation sites is 1. The Kier molecular flexibility index (Phi) is 3.66. The Bertz CT molecular complexity index is 948. The number of carboxylic acid groups (broad SMARTS) is 1. The van der Waals surface area contributed by atoms with Crippen molar-refractivity contribution in [2.45, 2.75) is 17.4 Å². The Morgan fingerprint density at radius 2 is 2.28 bits per heavy atom. The lowest BCUT2D eigenvalue weighted by Gasteiger charge is -2.44. The maximum atomic E-state index is 12.9. The highest BCUT2D eigenvalue weighted by Crippen LogP contribution is 2.59. The number of aromatic amines is 1. The Balaban J connectivity index is 2.01. The smallest absolute Gasteiger partial charge is 0.319 e. The summed E-state index contributed by atoms with van der Waals surface area (Å²) in [6.45, 7) is 0. The van der Waals surface area contributed by atoms with E-state index >= 15 is 0 Å². The van der Waals surface area contributed by atoms with E-state index in [9.17, 15) is 19.5 Å². The van der Waals surface area contributed by atoms with Gasteiger partial charge in [-0.1, -0.05) is 23.5 Å². The van der Waals surface area contributed by atoms with Crippen LogP contribution >= 0.6 is 23.1 Å². The lowest BCUT2D eigenvalue weighted by Crippen LogP contribution is -2.50. The zero-order valence-electron chi connectivity index (χ0n) is 13.0. The quantitative estimate of drug-likeness (QED) is 0.619. The minimum Gasteiger partial charge on any atom is -0.550 e. The van der Waals surface area contributed by atoms with Gasteiger partial charge in [0.25, 0.3) is 0 Å². The van der Waals surface area contributed by atoms with Gasteiger partial charge in [-0.2, -0.15) is 0 Å². The van der Waals surface area contributed by atoms with Gasteiger partial charge in [0.2, 0.25) is 0 Å². The molecule has 7 nitrogen and oxygen atoms in total. The van der Waals surface area contributed by atoms with Gasteiger partial charge in [0.15, 0.2) is 11.5 Å². The molecule has 1 aromatic heterocycles. The number of hydrogen-bond donors (Lipinski definition) is 1. The third kappa shape index (κ3) is 2.30. The second kappa shape index (κ2) is 5.63. The first-order valence-corrected chi connectivity index (χ1v) is 9.21. The number of carbonyl (C=O) groups excluding carboxylic acids is 2. The fourth-order valence-electron chi connectivity index (χ4n) is 3.48. The summed E-state index contributed by atoms with van der Waals surface area (Å²) in [6.07, 6.45) is -0.480. The number of carboxylic acids is 1. The van der Waals surface area contributed by atoms with Crippen molar-refractivity contribution >= 4 is 35.0 Å². The number of methoxy groups -OCH3 is 1. The number of hydrogen-bond acceptors (Lipinski definition) is 8. The van der Waals surface area contributed by atoms with E-state index in [1.165, 1.54) is 18.9 Å². The molecule has 0 bridgehead atoms. The molecule has 2 aromatic rings. The fourth-order valence-corrected chi connectivity index (χ4v) is 6.03. The second-order valence-electron chi connectivity index (χ2n) is 5.90. The Labute approximate surface area is 150 Å². The van der Waals surface area contributed by atoms with Gasteiger partial charge < -0.3 is 24.4 Å². The molecule has 0 amide bonds. The van der Waals surface area contributed by atoms with Crippen LogP contribution < -0.4 is 19.5 Å². The Morgan fingerprint density at radius 3 is 3.00 bits per heavy atom. The molecule has 2 atom stereocenters. The summed E-state index contributed by atoms with van der Waals surface area (Å²) in [5.74, 6) is -1.74. The minimum absolute atomic E-state index is 0.181. The van der Waals surface area contributed by atoms with E-state index in [1.54, 1.807) is 18.2 Å². The highest BCUT2D eigenvalue weighted by Gasteiger charge is 2.56. The number of nitrogens with one attached hydrogen (secondary N) is 1. The first-order valence-electron chi connectivity index (χ1n) is 7.41. The van der Waals surface area contributed by atoms with E-state index in [1.807, 2.05) is 0 Å². The molecule has 1 N–H and O–H groups in total. The first kappa shape index (κ1) is 16.2. The third-order valence-corrected chi connectivity index (χ3v) is 6.88. The molecule has 1 aromatic carbocycles. The van der Waals surface area contributed by atoms with Crippen LogP contribution in [0.4, 0.5) is 0 Å². The molecule has 0 radical (unpaired) electrons. The lowest BCUT2D eigenvalue weighted by atomic mass is 9.68. The Morgan fingerprint density at radius 1 is 1.48 bits per heavy atom. The van der Waals surface area contributed by atoms with Crippen molar-refractivity contribution < 1.29 is 24.2 Å². The largest absolute Gasteiger partial charge is 0.550 e. The van der Waals surface area contributed by atoms with Crippen molar-refractivity contribution in [1.29, 1.82) is 0 Å². The normalized spacial score (nSPS) is 23.9. The van der Waals surface area contributed by atoms with Crippen molar-refractivity contribution in [3.63, 3.8) is 0 Å². The Hall–Kier alpha value is -2.26. The standard InChI is InChI=1S/C16H13NO6S2/c1-22-8-4-2-3-7-10-12-13(17-15(21)25-12)24-6-16(10,5-9(18)19)14(20)23-11(7)8/h2-4,10H,5-6H2,1H3,(H,17,21)(H,18,19)/p-1/t10-,16-/m1/s1. The van der Waals surface area contributed by atoms with Gasteiger partial charge in [-0.25, -0.2) is 0 Å². The SMILES string of the molecule is COc1cccc2c1OC(=O)[C@]1(CC(=O)[O-])CSc3[nH]c(=O)sc3[C@@H]21. The molecule has 4 rings (SSSR count). The lowest BCUT2D eigenvalue weighted by molar-refractivity contribution is -0.308. The molecule has 0 aliphatic carbocycles. The fraction of sp³-hybridized carbons (Fsp3) is 0.312. The molecular formula is C16H12NO6S2-. The number of rotatable bonds is 3. The second-order valence-corrected chi connectivity index (χ2v) is 7.90. The molecule has 0 saturated carbocycles. The van der Waals surface area contributed by atoms with Gasteiger partial charge in [-0.3, -0.25) is 9.59 Å². The van der Waals surface area contributed by atoms with Crippen molar-refractivity contribution in [2.24, 2.45) is 5.41 Å². The van der Waals surface area contributed by atoms with E-state index in [0.29, 0.717) is 21.2 Å². The summed E-state index contributed by atoms with van der Waals surface area (Å²) >= 11 is 2.24. The molecule has 0 saturated heterocycles. The number of fused-ring (bicyclic) bond motifs is 5. The third-order valence-electron chi connectivity index (χ3n) is 4.53. The van der Waals surface area contributed by atoms with Crippen LogP contribution in [0, 0.1) is 5.41 Å². The number of aliphatic carboxylic acids is 1. The predicted molar refractivity (Wildman–Crippen MR) is 88.2 cm³/mol. The van der Waals surface area contributed by atoms with Crippen LogP contribution in [-0.4, -0.2) is 29.8 Å². The molecule has 2 aliphatic heterocycles. The summed E-state index contributed by atoms with van der Waals surface area (Å²) in [7, 11) is 1.46. The molecular weight excluding hydrogens is 366 g/mol. The number of thioether (sulfide) groups is 1. The topological polar surface area (TPSA) is 109 Å². The molecule has 130 valence electrons. The van der Waals surface area contributed by atoms with Crippen molar-refractivity contribution in [3.8, 4) is 11.5 Å². The van der Waals surface area contributed by atoms with Gasteiger partial charge in [0.1, 0.15) is 0 Å². The molecule has 2 aliphatic rings. The number of carbonyl (C=O) groups is 2. The number of ether oxygens (including phenoxy) is 2. The monoisotopic (exact) mass is 378 g/mol. The summed E-state index contributed by atoms with van der Waals surface area (Å²) in [6, 6.07) is 5.18. The van der Waals surface area contributed by atoms with Crippen LogP contribution in [0.15, 0.2) is 28.0 Å². The van der Waals surface area contributed by atoms with E-state index in [-0.39, 0.29) is 16.4 Å². The number of thiazole rings is 1. The summed E-state index contributed by atoms with van der Waals surface area (Å²) in [5.41, 5.74) is -0.682. The molecule has 0 spiro atoms. The average Bonchev–Trinajstić information content (AvgIpc) is 2.94. The van der Waals surface area contributed by atoms with Crippen molar-refractivity contribution in [1.82, 2.24) is 4.98 Å². The van der Waals surface area contributed by atoms with Gasteiger partial charge in [-0.05, 0) is 6.07 Å². The zero-order chi connectivity index (χ0) is 17.8. The highest BCUT2D eigenvalue weighted by atomic mass is 32.2. The van der Waals surface area contributed by atoms with E-state index in [0.717, 1.165) is 11.3 Å². The summed E-state index contributed by atoms with van der Waals surface area (Å²) in [4.78, 5) is 39.3. The van der Waals surface area contributed by atoms with E-state index in [2.05, 4.69) is 4.98 Å². The summed E-state index contributed by atoms with van der Waals surface area (Å²) in [5, 5.41) is 12.1. The first-order chi connectivity index (χ1) is 12.0. The van der Waals surface area contributed by atoms with Crippen molar-refractivity contribution in [2.75, 3.05) is 12.9 Å². The molecule has 0 fully saturated rings. The average molecular weight is 378 g/mol. The van der Waals surface area contributed by atoms with Crippen LogP contribution in [0.1, 0.15) is 22.8 Å². The molecule has 9 heteroatoms. The van der Waals surface area contributed by atoms with Crippen LogP contribution in [0.2, 0.25) is 0 Å². The number of aromatic nitrogens is 1. The minimum atomic E-state index is -1.33. The number of H-pyrrole nitrogens is 1. The van der Waals surface area contributed by atoms with Crippen LogP contribution in [0.5, 0.6) is 11.5 Å². The predicted octanol–water partition coefficient (Wildman–Crippen LogP) is 0.728. The number of benzene rings is 1.